The number of hydrogen-bond donors (Lipinski definition) is 1. The first-order valence-electron chi connectivity index (χ1n) is 7.77. The topological polar surface area (TPSA) is 32.3 Å². The zero-order chi connectivity index (χ0) is 18.2. The Bertz CT molecular complexity index is 807. The molecule has 1 aliphatic rings. The van der Waals surface area contributed by atoms with Gasteiger partial charge in [-0.3, -0.25) is 4.79 Å². The number of benzene rings is 2. The van der Waals surface area contributed by atoms with Crippen molar-refractivity contribution in [3.63, 3.8) is 0 Å². The molecule has 1 amide bonds. The number of para-hydroxylation sites is 1. The molecule has 3 rings (SSSR count). The maximum Gasteiger partial charge on any atom is 0.417 e. The average molecular weight is 369 g/mol. The molecule has 2 aromatic carbocycles. The van der Waals surface area contributed by atoms with Crippen LogP contribution >= 0.6 is 11.6 Å². The lowest BCUT2D eigenvalue weighted by Crippen LogP contribution is -2.37. The van der Waals surface area contributed by atoms with Gasteiger partial charge < -0.3 is 10.2 Å². The summed E-state index contributed by atoms with van der Waals surface area (Å²) < 4.78 is 38.7. The number of carbonyl (C=O) groups excluding carboxylic acids is 1. The highest BCUT2D eigenvalue weighted by atomic mass is 35.5. The molecule has 0 fully saturated rings. The van der Waals surface area contributed by atoms with E-state index < -0.39 is 16.8 Å². The summed E-state index contributed by atoms with van der Waals surface area (Å²) in [6.07, 6.45) is -3.73. The van der Waals surface area contributed by atoms with Crippen LogP contribution in [0.5, 0.6) is 0 Å². The molecular weight excluding hydrogens is 353 g/mol. The average Bonchev–Trinajstić information content (AvgIpc) is 2.84. The number of halogens is 4. The number of hydrogen-bond acceptors (Lipinski definition) is 2. The highest BCUT2D eigenvalue weighted by Crippen LogP contribution is 2.36. The molecule has 0 aliphatic carbocycles. The largest absolute Gasteiger partial charge is 0.417 e. The van der Waals surface area contributed by atoms with E-state index in [1.165, 1.54) is 6.07 Å². The molecule has 3 nitrogen and oxygen atoms in total. The van der Waals surface area contributed by atoms with Crippen molar-refractivity contribution in [1.29, 1.82) is 0 Å². The lowest BCUT2D eigenvalue weighted by Gasteiger charge is -2.24. The Morgan fingerprint density at radius 1 is 1.28 bits per heavy atom. The Hall–Kier alpha value is -2.21. The first-order chi connectivity index (χ1) is 11.8. The van der Waals surface area contributed by atoms with Crippen LogP contribution in [0, 0.1) is 0 Å². The van der Waals surface area contributed by atoms with Gasteiger partial charge in [0.05, 0.1) is 17.1 Å². The predicted molar refractivity (Wildman–Crippen MR) is 92.0 cm³/mol. The molecule has 0 bridgehead atoms. The van der Waals surface area contributed by atoms with E-state index in [1.54, 1.807) is 0 Å². The van der Waals surface area contributed by atoms with Crippen molar-refractivity contribution in [3.05, 3.63) is 58.6 Å². The number of fused-ring (bicyclic) bond motifs is 1. The van der Waals surface area contributed by atoms with Crippen LogP contribution in [0.3, 0.4) is 0 Å². The first kappa shape index (κ1) is 17.6. The maximum atomic E-state index is 12.9. The number of alkyl halides is 3. The Kier molecular flexibility index (Phi) is 4.64. The van der Waals surface area contributed by atoms with Gasteiger partial charge >= 0.3 is 6.18 Å². The van der Waals surface area contributed by atoms with Crippen LogP contribution in [0.4, 0.5) is 24.5 Å². The second-order valence-electron chi connectivity index (χ2n) is 6.05. The van der Waals surface area contributed by atoms with Crippen molar-refractivity contribution in [2.45, 2.75) is 25.6 Å². The monoisotopic (exact) mass is 368 g/mol. The van der Waals surface area contributed by atoms with E-state index in [-0.39, 0.29) is 24.2 Å². The van der Waals surface area contributed by atoms with Crippen LogP contribution in [-0.2, 0) is 17.4 Å². The number of nitrogens with zero attached hydrogens (tertiary/aromatic N) is 1. The summed E-state index contributed by atoms with van der Waals surface area (Å²) in [6, 6.07) is 11.3. The molecule has 0 saturated carbocycles. The highest BCUT2D eigenvalue weighted by molar-refractivity contribution is 6.31. The molecule has 1 heterocycles. The Balaban J connectivity index is 1.74. The zero-order valence-corrected chi connectivity index (χ0v) is 14.2. The summed E-state index contributed by atoms with van der Waals surface area (Å²) in [4.78, 5) is 14.3. The first-order valence-corrected chi connectivity index (χ1v) is 8.14. The Morgan fingerprint density at radius 3 is 2.72 bits per heavy atom. The quantitative estimate of drug-likeness (QED) is 0.848. The summed E-state index contributed by atoms with van der Waals surface area (Å²) in [5.41, 5.74) is 1.25. The molecule has 1 N–H and O–H groups in total. The fourth-order valence-corrected chi connectivity index (χ4v) is 3.27. The molecule has 1 aliphatic heterocycles. The van der Waals surface area contributed by atoms with E-state index in [9.17, 15) is 18.0 Å². The number of amides is 1. The minimum Gasteiger partial charge on any atom is -0.359 e. The van der Waals surface area contributed by atoms with E-state index in [0.29, 0.717) is 0 Å². The lowest BCUT2D eigenvalue weighted by molar-refractivity contribution is -0.137. The van der Waals surface area contributed by atoms with Gasteiger partial charge in [-0.1, -0.05) is 29.8 Å². The Morgan fingerprint density at radius 2 is 2.00 bits per heavy atom. The fourth-order valence-electron chi connectivity index (χ4n) is 3.05. The van der Waals surface area contributed by atoms with Gasteiger partial charge in [0.2, 0.25) is 5.91 Å². The van der Waals surface area contributed by atoms with E-state index in [1.807, 2.05) is 36.1 Å². The normalized spacial score (nSPS) is 16.7. The molecule has 0 spiro atoms. The summed E-state index contributed by atoms with van der Waals surface area (Å²) in [6.45, 7) is 2.08. The number of anilines is 2. The Labute approximate surface area is 148 Å². The smallest absolute Gasteiger partial charge is 0.359 e. The summed E-state index contributed by atoms with van der Waals surface area (Å²) in [5.74, 6) is -0.376. The van der Waals surface area contributed by atoms with Crippen LogP contribution in [0.25, 0.3) is 0 Å². The van der Waals surface area contributed by atoms with Gasteiger partial charge in [-0.2, -0.15) is 13.2 Å². The van der Waals surface area contributed by atoms with Crippen LogP contribution in [0.2, 0.25) is 5.02 Å². The molecule has 0 aromatic heterocycles. The number of carbonyl (C=O) groups is 1. The summed E-state index contributed by atoms with van der Waals surface area (Å²) >= 11 is 5.59. The van der Waals surface area contributed by atoms with Crippen molar-refractivity contribution in [2.75, 3.05) is 16.8 Å². The van der Waals surface area contributed by atoms with Crippen LogP contribution in [0.15, 0.2) is 42.5 Å². The molecule has 1 atom stereocenters. The van der Waals surface area contributed by atoms with E-state index in [4.69, 9.17) is 11.6 Å². The maximum absolute atomic E-state index is 12.9. The van der Waals surface area contributed by atoms with Gasteiger partial charge in [-0.15, -0.1) is 0 Å². The van der Waals surface area contributed by atoms with Gasteiger partial charge in [0.15, 0.2) is 0 Å². The van der Waals surface area contributed by atoms with Gasteiger partial charge in [0.25, 0.3) is 0 Å². The van der Waals surface area contributed by atoms with Crippen LogP contribution in [-0.4, -0.2) is 18.5 Å². The third-order valence-corrected chi connectivity index (χ3v) is 4.55. The summed E-state index contributed by atoms with van der Waals surface area (Å²) in [7, 11) is 0. The predicted octanol–water partition coefficient (Wildman–Crippen LogP) is 4.75. The van der Waals surface area contributed by atoms with Crippen molar-refractivity contribution < 1.29 is 18.0 Å². The van der Waals surface area contributed by atoms with Crippen molar-refractivity contribution in [1.82, 2.24) is 0 Å². The molecule has 7 heteroatoms. The minimum atomic E-state index is -4.57. The number of nitrogens with one attached hydrogen (secondary N) is 1. The van der Waals surface area contributed by atoms with E-state index in [0.717, 1.165) is 29.8 Å². The molecule has 25 heavy (non-hydrogen) atoms. The number of rotatable bonds is 3. The molecule has 0 unspecified atom stereocenters. The van der Waals surface area contributed by atoms with Crippen LogP contribution < -0.4 is 10.2 Å². The molecule has 2 aromatic rings. The van der Waals surface area contributed by atoms with E-state index >= 15 is 0 Å². The standard InChI is InChI=1S/C18H16ClF3N2O/c1-11-8-12-4-2-3-5-16(12)24(11)10-17(25)23-13-6-7-15(19)14(9-13)18(20,21)22/h2-7,9,11H,8,10H2,1H3,(H,23,25)/t11-/m1/s1. The second-order valence-corrected chi connectivity index (χ2v) is 6.46. The van der Waals surface area contributed by atoms with Gasteiger partial charge in [0.1, 0.15) is 0 Å². The SMILES string of the molecule is C[C@@H]1Cc2ccccc2N1CC(=O)Nc1ccc(Cl)c(C(F)(F)F)c1. The van der Waals surface area contributed by atoms with Crippen LogP contribution in [0.1, 0.15) is 18.1 Å². The zero-order valence-electron chi connectivity index (χ0n) is 13.4. The van der Waals surface area contributed by atoms with Gasteiger partial charge in [0, 0.05) is 17.4 Å². The summed E-state index contributed by atoms with van der Waals surface area (Å²) in [5, 5.41) is 2.12. The molecule has 0 saturated heterocycles. The highest BCUT2D eigenvalue weighted by Gasteiger charge is 2.33. The second kappa shape index (κ2) is 6.59. The van der Waals surface area contributed by atoms with Crippen molar-refractivity contribution in [2.24, 2.45) is 0 Å². The van der Waals surface area contributed by atoms with Crippen molar-refractivity contribution >= 4 is 28.9 Å². The molecular formula is C18H16ClF3N2O. The minimum absolute atomic E-state index is 0.0712. The van der Waals surface area contributed by atoms with E-state index in [2.05, 4.69) is 5.32 Å². The molecule has 132 valence electrons. The third-order valence-electron chi connectivity index (χ3n) is 4.22. The molecule has 0 radical (unpaired) electrons. The van der Waals surface area contributed by atoms with Crippen molar-refractivity contribution in [3.8, 4) is 0 Å². The lowest BCUT2D eigenvalue weighted by atomic mass is 10.1. The third kappa shape index (κ3) is 3.74. The van der Waals surface area contributed by atoms with Gasteiger partial charge in [-0.05, 0) is 43.2 Å². The van der Waals surface area contributed by atoms with Gasteiger partial charge in [-0.25, -0.2) is 0 Å². The fraction of sp³-hybridized carbons (Fsp3) is 0.278.